The molecule has 0 aliphatic heterocycles. The van der Waals surface area contributed by atoms with E-state index in [0.29, 0.717) is 16.7 Å². The number of fused-ring (bicyclic) bond motifs is 1. The molecule has 3 rings (SSSR count). The highest BCUT2D eigenvalue weighted by Crippen LogP contribution is 2.30. The third-order valence-corrected chi connectivity index (χ3v) is 3.71. The number of hydrogen-bond acceptors (Lipinski definition) is 5. The van der Waals surface area contributed by atoms with Crippen molar-refractivity contribution >= 4 is 44.6 Å². The summed E-state index contributed by atoms with van der Waals surface area (Å²) in [6.07, 6.45) is 1.26. The lowest BCUT2D eigenvalue weighted by Gasteiger charge is -2.12. The first-order valence-corrected chi connectivity index (χ1v) is 7.14. The summed E-state index contributed by atoms with van der Waals surface area (Å²) >= 11 is 3.00. The molecule has 8 nitrogen and oxygen atoms in total. The van der Waals surface area contributed by atoms with E-state index in [-0.39, 0.29) is 21.4 Å². The molecule has 0 saturated carbocycles. The van der Waals surface area contributed by atoms with Crippen molar-refractivity contribution < 1.29 is 10.0 Å². The monoisotopic (exact) mass is 375 g/mol. The van der Waals surface area contributed by atoms with Gasteiger partial charge in [0, 0.05) is 22.8 Å². The number of halogens is 1. The zero-order valence-electron chi connectivity index (χ0n) is 11.4. The standard InChI is InChI=1S/C14H9BrN4O4/c15-10-5-9(19(22)23)3-7(13(10)20)6-16-8-1-2-11-12(4-8)18-14(21)17-11/h1-6,20H,(H2,17,18,21)/p-1. The van der Waals surface area contributed by atoms with Crippen molar-refractivity contribution in [3.8, 4) is 5.75 Å². The smallest absolute Gasteiger partial charge is 0.323 e. The number of nitrogens with one attached hydrogen (secondary N) is 2. The van der Waals surface area contributed by atoms with Gasteiger partial charge in [-0.15, -0.1) is 0 Å². The summed E-state index contributed by atoms with van der Waals surface area (Å²) in [6, 6.07) is 7.25. The molecule has 0 amide bonds. The molecule has 2 N–H and O–H groups in total. The van der Waals surface area contributed by atoms with Crippen LogP contribution in [0.4, 0.5) is 11.4 Å². The highest BCUT2D eigenvalue weighted by molar-refractivity contribution is 9.10. The molecule has 0 radical (unpaired) electrons. The minimum absolute atomic E-state index is 0.0914. The van der Waals surface area contributed by atoms with E-state index in [1.165, 1.54) is 6.21 Å². The summed E-state index contributed by atoms with van der Waals surface area (Å²) in [5, 5.41) is 22.8. The fraction of sp³-hybridized carbons (Fsp3) is 0. The summed E-state index contributed by atoms with van der Waals surface area (Å²) in [4.78, 5) is 30.8. The second kappa shape index (κ2) is 5.69. The number of aromatic amines is 2. The van der Waals surface area contributed by atoms with Crippen LogP contribution in [0.2, 0.25) is 0 Å². The third kappa shape index (κ3) is 2.99. The van der Waals surface area contributed by atoms with Crippen LogP contribution in [0.15, 0.2) is 44.6 Å². The zero-order valence-corrected chi connectivity index (χ0v) is 13.0. The minimum atomic E-state index is -0.585. The van der Waals surface area contributed by atoms with Crippen LogP contribution in [0, 0.1) is 10.1 Å². The van der Waals surface area contributed by atoms with Gasteiger partial charge in [-0.2, -0.15) is 0 Å². The van der Waals surface area contributed by atoms with E-state index in [0.717, 1.165) is 12.1 Å². The van der Waals surface area contributed by atoms with Gasteiger partial charge in [-0.1, -0.05) is 21.7 Å². The molecule has 1 aromatic heterocycles. The van der Waals surface area contributed by atoms with Crippen molar-refractivity contribution in [1.29, 1.82) is 0 Å². The predicted molar refractivity (Wildman–Crippen MR) is 86.4 cm³/mol. The molecule has 9 heteroatoms. The van der Waals surface area contributed by atoms with E-state index in [1.54, 1.807) is 18.2 Å². The molecule has 0 aliphatic carbocycles. The molecule has 0 spiro atoms. The molecular weight excluding hydrogens is 368 g/mol. The second-order valence-electron chi connectivity index (χ2n) is 4.67. The summed E-state index contributed by atoms with van der Waals surface area (Å²) in [7, 11) is 0. The number of aliphatic imine (C=N–C) groups is 1. The van der Waals surface area contributed by atoms with Crippen LogP contribution in [0.3, 0.4) is 0 Å². The molecule has 1 heterocycles. The van der Waals surface area contributed by atoms with Crippen LogP contribution in [0.5, 0.6) is 5.75 Å². The van der Waals surface area contributed by atoms with E-state index in [1.807, 2.05) is 0 Å². The Bertz CT molecular complexity index is 1010. The van der Waals surface area contributed by atoms with Crippen molar-refractivity contribution in [3.05, 3.63) is 61.0 Å². The number of aromatic nitrogens is 2. The molecule has 3 aromatic rings. The van der Waals surface area contributed by atoms with Crippen LogP contribution in [0.25, 0.3) is 11.0 Å². The fourth-order valence-electron chi connectivity index (χ4n) is 2.05. The minimum Gasteiger partial charge on any atom is -0.871 e. The number of rotatable bonds is 3. The molecule has 2 aromatic carbocycles. The van der Waals surface area contributed by atoms with Gasteiger partial charge in [0.05, 0.1) is 21.6 Å². The molecule has 0 aliphatic rings. The highest BCUT2D eigenvalue weighted by Gasteiger charge is 2.09. The number of benzene rings is 2. The molecule has 0 unspecified atom stereocenters. The molecule has 0 atom stereocenters. The zero-order chi connectivity index (χ0) is 16.6. The Morgan fingerprint density at radius 3 is 2.65 bits per heavy atom. The van der Waals surface area contributed by atoms with Crippen LogP contribution in [-0.2, 0) is 0 Å². The fourth-order valence-corrected chi connectivity index (χ4v) is 2.51. The number of non-ortho nitro benzene ring substituents is 1. The van der Waals surface area contributed by atoms with Crippen molar-refractivity contribution in [2.24, 2.45) is 4.99 Å². The molecule has 116 valence electrons. The van der Waals surface area contributed by atoms with Crippen LogP contribution in [0.1, 0.15) is 5.56 Å². The maximum Gasteiger partial charge on any atom is 0.323 e. The quantitative estimate of drug-likeness (QED) is 0.413. The maximum absolute atomic E-state index is 12.0. The summed E-state index contributed by atoms with van der Waals surface area (Å²) in [5.74, 6) is -0.393. The van der Waals surface area contributed by atoms with Gasteiger partial charge in [-0.25, -0.2) is 4.79 Å². The van der Waals surface area contributed by atoms with Gasteiger partial charge < -0.3 is 15.1 Å². The van der Waals surface area contributed by atoms with Gasteiger partial charge >= 0.3 is 5.69 Å². The van der Waals surface area contributed by atoms with Gasteiger partial charge in [0.25, 0.3) is 5.69 Å². The second-order valence-corrected chi connectivity index (χ2v) is 5.52. The number of hydrogen-bond donors (Lipinski definition) is 2. The summed E-state index contributed by atoms with van der Waals surface area (Å²) < 4.78 is 0.0959. The lowest BCUT2D eigenvalue weighted by molar-refractivity contribution is -0.385. The van der Waals surface area contributed by atoms with E-state index in [4.69, 9.17) is 0 Å². The van der Waals surface area contributed by atoms with E-state index >= 15 is 0 Å². The maximum atomic E-state index is 12.0. The molecule has 0 saturated heterocycles. The van der Waals surface area contributed by atoms with Gasteiger partial charge in [0.2, 0.25) is 0 Å². The Morgan fingerprint density at radius 2 is 1.91 bits per heavy atom. The van der Waals surface area contributed by atoms with Gasteiger partial charge in [-0.3, -0.25) is 15.1 Å². The Kier molecular flexibility index (Phi) is 3.70. The number of nitrogens with zero attached hydrogens (tertiary/aromatic N) is 2. The lowest BCUT2D eigenvalue weighted by atomic mass is 10.2. The number of imidazole rings is 1. The Balaban J connectivity index is 2.00. The van der Waals surface area contributed by atoms with E-state index in [9.17, 15) is 20.0 Å². The number of nitro benzene ring substituents is 1. The van der Waals surface area contributed by atoms with E-state index < -0.39 is 10.7 Å². The van der Waals surface area contributed by atoms with Crippen LogP contribution < -0.4 is 10.8 Å². The average molecular weight is 376 g/mol. The lowest BCUT2D eigenvalue weighted by Crippen LogP contribution is -1.99. The Hall–Kier alpha value is -2.94. The SMILES string of the molecule is O=c1[nH]c2ccc(N=Cc3cc([N+](=O)[O-])cc(Br)c3[O-])cc2[nH]1. The van der Waals surface area contributed by atoms with Crippen molar-refractivity contribution in [1.82, 2.24) is 9.97 Å². The molecular formula is C14H8BrN4O4-. The first kappa shape index (κ1) is 15.0. The summed E-state index contributed by atoms with van der Waals surface area (Å²) in [6.45, 7) is 0. The van der Waals surface area contributed by atoms with Gasteiger partial charge in [0.1, 0.15) is 0 Å². The van der Waals surface area contributed by atoms with Gasteiger partial charge in [-0.05, 0) is 23.8 Å². The van der Waals surface area contributed by atoms with Crippen LogP contribution >= 0.6 is 15.9 Å². The molecule has 0 fully saturated rings. The molecule has 0 bridgehead atoms. The normalized spacial score (nSPS) is 11.3. The van der Waals surface area contributed by atoms with Crippen molar-refractivity contribution in [2.75, 3.05) is 0 Å². The van der Waals surface area contributed by atoms with Crippen molar-refractivity contribution in [2.45, 2.75) is 0 Å². The highest BCUT2D eigenvalue weighted by atomic mass is 79.9. The topological polar surface area (TPSA) is 127 Å². The summed E-state index contributed by atoms with van der Waals surface area (Å²) in [5.41, 5.74) is 1.27. The van der Waals surface area contributed by atoms with E-state index in [2.05, 4.69) is 30.9 Å². The van der Waals surface area contributed by atoms with Crippen LogP contribution in [-0.4, -0.2) is 21.1 Å². The predicted octanol–water partition coefficient (Wildman–Crippen LogP) is 2.35. The van der Waals surface area contributed by atoms with Crippen molar-refractivity contribution in [3.63, 3.8) is 0 Å². The molecule has 23 heavy (non-hydrogen) atoms. The Labute approximate surface area is 136 Å². The Morgan fingerprint density at radius 1 is 1.17 bits per heavy atom. The number of nitro groups is 1. The third-order valence-electron chi connectivity index (χ3n) is 3.12. The number of H-pyrrole nitrogens is 2. The first-order chi connectivity index (χ1) is 10.9. The largest absolute Gasteiger partial charge is 0.871 e. The average Bonchev–Trinajstić information content (AvgIpc) is 2.87. The van der Waals surface area contributed by atoms with Gasteiger partial charge in [0.15, 0.2) is 0 Å². The first-order valence-electron chi connectivity index (χ1n) is 6.35.